The molecule has 2 nitrogen and oxygen atoms in total. The molecule has 2 aromatic carbocycles. The molecule has 1 aliphatic heterocycles. The Morgan fingerprint density at radius 1 is 1.25 bits per heavy atom. The molecule has 20 heavy (non-hydrogen) atoms. The Bertz CT molecular complexity index is 644. The van der Waals surface area contributed by atoms with Gasteiger partial charge in [-0.25, -0.2) is 4.39 Å². The number of hydrogen-bond acceptors (Lipinski definition) is 2. The Hall–Kier alpha value is -1.55. The molecule has 0 bridgehead atoms. The minimum Gasteiger partial charge on any atom is -0.493 e. The molecule has 0 aromatic heterocycles. The number of halogens is 2. The van der Waals surface area contributed by atoms with E-state index in [4.69, 9.17) is 4.74 Å². The quantitative estimate of drug-likeness (QED) is 0.877. The van der Waals surface area contributed by atoms with E-state index < -0.39 is 0 Å². The van der Waals surface area contributed by atoms with Gasteiger partial charge in [-0.05, 0) is 64.3 Å². The van der Waals surface area contributed by atoms with Crippen molar-refractivity contribution in [1.82, 2.24) is 0 Å². The zero-order valence-electron chi connectivity index (χ0n) is 11.1. The van der Waals surface area contributed by atoms with E-state index >= 15 is 0 Å². The number of fused-ring (bicyclic) bond motifs is 1. The number of nitrogens with one attached hydrogen (secondary N) is 1. The summed E-state index contributed by atoms with van der Waals surface area (Å²) in [6.45, 7) is 2.86. The van der Waals surface area contributed by atoms with Gasteiger partial charge in [0.1, 0.15) is 11.6 Å². The fraction of sp³-hybridized carbons (Fsp3) is 0.250. The summed E-state index contributed by atoms with van der Waals surface area (Å²) in [5, 5.41) is 3.39. The molecule has 4 heteroatoms. The van der Waals surface area contributed by atoms with Gasteiger partial charge in [0.15, 0.2) is 0 Å². The first kappa shape index (κ1) is 13.4. The zero-order valence-corrected chi connectivity index (χ0v) is 12.7. The van der Waals surface area contributed by atoms with E-state index in [-0.39, 0.29) is 11.9 Å². The van der Waals surface area contributed by atoms with Crippen molar-refractivity contribution in [2.45, 2.75) is 19.4 Å². The fourth-order valence-corrected chi connectivity index (χ4v) is 2.86. The van der Waals surface area contributed by atoms with Gasteiger partial charge in [0.05, 0.1) is 6.61 Å². The Morgan fingerprint density at radius 2 is 2.10 bits per heavy atom. The van der Waals surface area contributed by atoms with Gasteiger partial charge < -0.3 is 10.1 Å². The predicted molar refractivity (Wildman–Crippen MR) is 81.8 cm³/mol. The van der Waals surface area contributed by atoms with Crippen molar-refractivity contribution in [2.24, 2.45) is 0 Å². The van der Waals surface area contributed by atoms with Gasteiger partial charge >= 0.3 is 0 Å². The van der Waals surface area contributed by atoms with Gasteiger partial charge in [0, 0.05) is 22.6 Å². The monoisotopic (exact) mass is 335 g/mol. The molecular weight excluding hydrogens is 321 g/mol. The highest BCUT2D eigenvalue weighted by atomic mass is 79.9. The third-order valence-corrected chi connectivity index (χ3v) is 4.17. The summed E-state index contributed by atoms with van der Waals surface area (Å²) in [6.07, 6.45) is 0.968. The van der Waals surface area contributed by atoms with Crippen LogP contribution in [0.2, 0.25) is 0 Å². The second-order valence-corrected chi connectivity index (χ2v) is 5.81. The van der Waals surface area contributed by atoms with Crippen LogP contribution in [0.15, 0.2) is 40.9 Å². The van der Waals surface area contributed by atoms with Gasteiger partial charge in [0.2, 0.25) is 0 Å². The largest absolute Gasteiger partial charge is 0.493 e. The van der Waals surface area contributed by atoms with Crippen LogP contribution in [-0.4, -0.2) is 6.61 Å². The average molecular weight is 336 g/mol. The van der Waals surface area contributed by atoms with Crippen LogP contribution < -0.4 is 10.1 Å². The van der Waals surface area contributed by atoms with Gasteiger partial charge in [-0.3, -0.25) is 0 Å². The summed E-state index contributed by atoms with van der Waals surface area (Å²) >= 11 is 3.38. The molecule has 0 amide bonds. The van der Waals surface area contributed by atoms with Crippen molar-refractivity contribution in [3.8, 4) is 5.75 Å². The van der Waals surface area contributed by atoms with Crippen LogP contribution in [0.25, 0.3) is 0 Å². The first-order chi connectivity index (χ1) is 9.63. The lowest BCUT2D eigenvalue weighted by atomic mass is 10.0. The zero-order chi connectivity index (χ0) is 14.1. The van der Waals surface area contributed by atoms with Crippen molar-refractivity contribution in [3.63, 3.8) is 0 Å². The van der Waals surface area contributed by atoms with E-state index in [1.807, 2.05) is 6.07 Å². The Balaban J connectivity index is 1.80. The third-order valence-electron chi connectivity index (χ3n) is 3.52. The highest BCUT2D eigenvalue weighted by Gasteiger charge is 2.15. The van der Waals surface area contributed by atoms with E-state index in [0.717, 1.165) is 28.9 Å². The molecule has 0 saturated heterocycles. The van der Waals surface area contributed by atoms with Crippen molar-refractivity contribution < 1.29 is 9.13 Å². The molecule has 1 heterocycles. The lowest BCUT2D eigenvalue weighted by Gasteiger charge is -2.17. The van der Waals surface area contributed by atoms with Gasteiger partial charge in [-0.1, -0.05) is 6.07 Å². The summed E-state index contributed by atoms with van der Waals surface area (Å²) in [7, 11) is 0. The van der Waals surface area contributed by atoms with E-state index in [1.165, 1.54) is 23.3 Å². The molecule has 0 saturated carbocycles. The number of anilines is 1. The molecule has 104 valence electrons. The van der Waals surface area contributed by atoms with Crippen molar-refractivity contribution in [1.29, 1.82) is 0 Å². The molecule has 1 aliphatic rings. The first-order valence-corrected chi connectivity index (χ1v) is 7.40. The number of rotatable bonds is 3. The van der Waals surface area contributed by atoms with Crippen LogP contribution in [0.3, 0.4) is 0 Å². The van der Waals surface area contributed by atoms with Crippen LogP contribution in [0.1, 0.15) is 24.1 Å². The van der Waals surface area contributed by atoms with Gasteiger partial charge in [-0.15, -0.1) is 0 Å². The molecule has 0 fully saturated rings. The molecule has 1 N–H and O–H groups in total. The van der Waals surface area contributed by atoms with Crippen molar-refractivity contribution in [2.75, 3.05) is 11.9 Å². The number of ether oxygens (including phenoxy) is 1. The van der Waals surface area contributed by atoms with Crippen molar-refractivity contribution >= 4 is 21.6 Å². The van der Waals surface area contributed by atoms with Crippen LogP contribution in [0, 0.1) is 5.82 Å². The first-order valence-electron chi connectivity index (χ1n) is 6.61. The topological polar surface area (TPSA) is 21.3 Å². The second-order valence-electron chi connectivity index (χ2n) is 4.96. The maximum absolute atomic E-state index is 13.1. The van der Waals surface area contributed by atoms with E-state index in [1.54, 1.807) is 6.07 Å². The number of benzene rings is 2. The molecule has 0 spiro atoms. The minimum absolute atomic E-state index is 0.141. The minimum atomic E-state index is -0.246. The molecule has 1 atom stereocenters. The standard InChI is InChI=1S/C16H15BrFNO/c1-10(19-15-4-3-13(18)9-14(15)17)11-2-5-16-12(8-11)6-7-20-16/h2-5,8-10,19H,6-7H2,1H3. The maximum atomic E-state index is 13.1. The molecule has 2 aromatic rings. The lowest BCUT2D eigenvalue weighted by Crippen LogP contribution is -2.07. The Kier molecular flexibility index (Phi) is 3.66. The molecule has 0 aliphatic carbocycles. The molecular formula is C16H15BrFNO. The van der Waals surface area contributed by atoms with E-state index in [0.29, 0.717) is 0 Å². The summed E-state index contributed by atoms with van der Waals surface area (Å²) in [4.78, 5) is 0. The summed E-state index contributed by atoms with van der Waals surface area (Å²) < 4.78 is 19.3. The fourth-order valence-electron chi connectivity index (χ4n) is 2.40. The van der Waals surface area contributed by atoms with E-state index in [9.17, 15) is 4.39 Å². The van der Waals surface area contributed by atoms with Crippen molar-refractivity contribution in [3.05, 3.63) is 57.8 Å². The van der Waals surface area contributed by atoms with Crippen LogP contribution in [0.5, 0.6) is 5.75 Å². The smallest absolute Gasteiger partial charge is 0.124 e. The van der Waals surface area contributed by atoms with E-state index in [2.05, 4.69) is 40.3 Å². The molecule has 3 rings (SSSR count). The third kappa shape index (κ3) is 2.66. The molecule has 1 unspecified atom stereocenters. The lowest BCUT2D eigenvalue weighted by molar-refractivity contribution is 0.357. The molecule has 0 radical (unpaired) electrons. The van der Waals surface area contributed by atoms with Gasteiger partial charge in [-0.2, -0.15) is 0 Å². The number of hydrogen-bond donors (Lipinski definition) is 1. The normalized spacial score (nSPS) is 14.6. The highest BCUT2D eigenvalue weighted by molar-refractivity contribution is 9.10. The SMILES string of the molecule is CC(Nc1ccc(F)cc1Br)c1ccc2c(c1)CCO2. The predicted octanol–water partition coefficient (Wildman–Crippen LogP) is 4.70. The van der Waals surface area contributed by atoms with Gasteiger partial charge in [0.25, 0.3) is 0 Å². The van der Waals surface area contributed by atoms with Crippen LogP contribution in [0.4, 0.5) is 10.1 Å². The maximum Gasteiger partial charge on any atom is 0.124 e. The highest BCUT2D eigenvalue weighted by Crippen LogP contribution is 2.31. The second kappa shape index (κ2) is 5.44. The summed E-state index contributed by atoms with van der Waals surface area (Å²) in [6, 6.07) is 11.1. The van der Waals surface area contributed by atoms with Crippen LogP contribution in [-0.2, 0) is 6.42 Å². The summed E-state index contributed by atoms with van der Waals surface area (Å²) in [5.41, 5.74) is 3.34. The van der Waals surface area contributed by atoms with Crippen LogP contribution >= 0.6 is 15.9 Å². The Labute approximate surface area is 126 Å². The average Bonchev–Trinajstić information content (AvgIpc) is 2.89. The Morgan fingerprint density at radius 3 is 2.90 bits per heavy atom. The summed E-state index contributed by atoms with van der Waals surface area (Å²) in [5.74, 6) is 0.744.